The highest BCUT2D eigenvalue weighted by Gasteiger charge is 2.07. The van der Waals surface area contributed by atoms with Crippen molar-refractivity contribution in [2.75, 3.05) is 18.4 Å². The number of nitrogens with zero attached hydrogens (tertiary/aromatic N) is 1. The van der Waals surface area contributed by atoms with Crippen LogP contribution in [0.15, 0.2) is 0 Å². The average molecular weight is 168 g/mol. The predicted octanol–water partition coefficient (Wildman–Crippen LogP) is -0.0988. The Morgan fingerprint density at radius 1 is 1.75 bits per heavy atom. The van der Waals surface area contributed by atoms with Crippen molar-refractivity contribution in [3.8, 4) is 0 Å². The van der Waals surface area contributed by atoms with Crippen molar-refractivity contribution in [1.82, 2.24) is 10.2 Å². The van der Waals surface area contributed by atoms with Gasteiger partial charge in [0.2, 0.25) is 0 Å². The Kier molecular flexibility index (Phi) is 2.82. The number of aromatic nitrogens is 2. The zero-order chi connectivity index (χ0) is 8.97. The number of carbonyl (C=O) groups excluding carboxylic acids is 1. The molecular formula is C7H12N4O. The van der Waals surface area contributed by atoms with E-state index in [-0.39, 0.29) is 0 Å². The molecule has 0 saturated carbocycles. The van der Waals surface area contributed by atoms with Gasteiger partial charge in [-0.15, -0.1) is 0 Å². The van der Waals surface area contributed by atoms with Crippen molar-refractivity contribution in [1.29, 1.82) is 0 Å². The van der Waals surface area contributed by atoms with Crippen LogP contribution in [0.5, 0.6) is 0 Å². The van der Waals surface area contributed by atoms with Gasteiger partial charge in [0, 0.05) is 18.8 Å². The quantitative estimate of drug-likeness (QED) is 0.548. The molecule has 0 aliphatic rings. The van der Waals surface area contributed by atoms with Crippen LogP contribution in [0.1, 0.15) is 16.1 Å². The standard InChI is InChI=1S/C7H12N4O/c1-5-6(4-12)7(11-10-5)9-3-2-8/h4H,2-3,8H2,1H3,(H2,9,10,11). The molecule has 0 radical (unpaired) electrons. The molecule has 0 unspecified atom stereocenters. The first-order valence-corrected chi connectivity index (χ1v) is 3.73. The van der Waals surface area contributed by atoms with Crippen molar-refractivity contribution in [2.45, 2.75) is 6.92 Å². The van der Waals surface area contributed by atoms with Crippen LogP contribution < -0.4 is 11.1 Å². The van der Waals surface area contributed by atoms with E-state index >= 15 is 0 Å². The molecule has 1 aromatic rings. The lowest BCUT2D eigenvalue weighted by molar-refractivity contribution is 0.112. The van der Waals surface area contributed by atoms with Crippen LogP contribution >= 0.6 is 0 Å². The summed E-state index contributed by atoms with van der Waals surface area (Å²) in [6.45, 7) is 2.93. The van der Waals surface area contributed by atoms with Gasteiger partial charge in [-0.25, -0.2) is 0 Å². The fourth-order valence-electron chi connectivity index (χ4n) is 0.907. The largest absolute Gasteiger partial charge is 0.367 e. The molecule has 1 heterocycles. The highest BCUT2D eigenvalue weighted by Crippen LogP contribution is 2.11. The fraction of sp³-hybridized carbons (Fsp3) is 0.429. The molecule has 5 heteroatoms. The third-order valence-corrected chi connectivity index (χ3v) is 1.55. The molecule has 12 heavy (non-hydrogen) atoms. The number of aryl methyl sites for hydroxylation is 1. The molecule has 0 amide bonds. The molecule has 0 aliphatic heterocycles. The molecule has 0 atom stereocenters. The van der Waals surface area contributed by atoms with Crippen LogP contribution in [0, 0.1) is 6.92 Å². The third-order valence-electron chi connectivity index (χ3n) is 1.55. The summed E-state index contributed by atoms with van der Waals surface area (Å²) in [6, 6.07) is 0. The van der Waals surface area contributed by atoms with Crippen molar-refractivity contribution in [2.24, 2.45) is 5.73 Å². The van der Waals surface area contributed by atoms with E-state index in [1.165, 1.54) is 0 Å². The molecule has 0 fully saturated rings. The normalized spacial score (nSPS) is 9.83. The highest BCUT2D eigenvalue weighted by atomic mass is 16.1. The summed E-state index contributed by atoms with van der Waals surface area (Å²) in [7, 11) is 0. The van der Waals surface area contributed by atoms with Crippen LogP contribution in [0.25, 0.3) is 0 Å². The summed E-state index contributed by atoms with van der Waals surface area (Å²) in [5.41, 5.74) is 6.63. The lowest BCUT2D eigenvalue weighted by Crippen LogP contribution is -2.14. The molecular weight excluding hydrogens is 156 g/mol. The predicted molar refractivity (Wildman–Crippen MR) is 46.3 cm³/mol. The average Bonchev–Trinajstić information content (AvgIpc) is 2.43. The smallest absolute Gasteiger partial charge is 0.158 e. The van der Waals surface area contributed by atoms with E-state index in [2.05, 4.69) is 15.5 Å². The minimum Gasteiger partial charge on any atom is -0.367 e. The van der Waals surface area contributed by atoms with E-state index < -0.39 is 0 Å². The van der Waals surface area contributed by atoms with E-state index in [0.717, 1.165) is 12.0 Å². The molecule has 0 saturated heterocycles. The first kappa shape index (κ1) is 8.73. The monoisotopic (exact) mass is 168 g/mol. The summed E-state index contributed by atoms with van der Waals surface area (Å²) >= 11 is 0. The minimum absolute atomic E-state index is 0.518. The Balaban J connectivity index is 2.77. The number of nitrogens with one attached hydrogen (secondary N) is 2. The number of hydrogen-bond donors (Lipinski definition) is 3. The maximum absolute atomic E-state index is 10.5. The van der Waals surface area contributed by atoms with Gasteiger partial charge in [-0.05, 0) is 6.92 Å². The number of aldehydes is 1. The molecule has 0 aliphatic carbocycles. The van der Waals surface area contributed by atoms with Gasteiger partial charge in [-0.2, -0.15) is 5.10 Å². The second kappa shape index (κ2) is 3.87. The zero-order valence-electron chi connectivity index (χ0n) is 6.92. The van der Waals surface area contributed by atoms with Crippen LogP contribution in [-0.2, 0) is 0 Å². The van der Waals surface area contributed by atoms with Gasteiger partial charge >= 0.3 is 0 Å². The Hall–Kier alpha value is -1.36. The van der Waals surface area contributed by atoms with Gasteiger partial charge in [0.1, 0.15) is 0 Å². The van der Waals surface area contributed by atoms with Crippen LogP contribution in [0.3, 0.4) is 0 Å². The summed E-state index contributed by atoms with van der Waals surface area (Å²) in [5, 5.41) is 9.55. The van der Waals surface area contributed by atoms with E-state index in [4.69, 9.17) is 5.73 Å². The first-order valence-electron chi connectivity index (χ1n) is 3.73. The maximum Gasteiger partial charge on any atom is 0.158 e. The number of rotatable bonds is 4. The lowest BCUT2D eigenvalue weighted by atomic mass is 10.3. The van der Waals surface area contributed by atoms with Gasteiger partial charge in [-0.3, -0.25) is 9.89 Å². The highest BCUT2D eigenvalue weighted by molar-refractivity contribution is 5.83. The summed E-state index contributed by atoms with van der Waals surface area (Å²) in [6.07, 6.45) is 0.775. The Morgan fingerprint density at radius 3 is 3.08 bits per heavy atom. The van der Waals surface area contributed by atoms with Crippen molar-refractivity contribution >= 4 is 12.1 Å². The summed E-state index contributed by atoms with van der Waals surface area (Å²) in [5.74, 6) is 0.577. The minimum atomic E-state index is 0.518. The Labute approximate surface area is 70.3 Å². The second-order valence-electron chi connectivity index (χ2n) is 2.44. The number of aromatic amines is 1. The number of hydrogen-bond acceptors (Lipinski definition) is 4. The zero-order valence-corrected chi connectivity index (χ0v) is 6.92. The molecule has 1 rings (SSSR count). The molecule has 0 aromatic carbocycles. The molecule has 1 aromatic heterocycles. The van der Waals surface area contributed by atoms with E-state index in [0.29, 0.717) is 24.5 Å². The van der Waals surface area contributed by atoms with Crippen LogP contribution in [0.2, 0.25) is 0 Å². The fourth-order valence-corrected chi connectivity index (χ4v) is 0.907. The first-order chi connectivity index (χ1) is 5.79. The van der Waals surface area contributed by atoms with Gasteiger partial charge in [0.05, 0.1) is 5.56 Å². The summed E-state index contributed by atoms with van der Waals surface area (Å²) < 4.78 is 0. The number of carbonyl (C=O) groups is 1. The van der Waals surface area contributed by atoms with E-state index in [9.17, 15) is 4.79 Å². The van der Waals surface area contributed by atoms with Crippen molar-refractivity contribution in [3.05, 3.63) is 11.3 Å². The third kappa shape index (κ3) is 1.62. The van der Waals surface area contributed by atoms with Gasteiger partial charge in [0.25, 0.3) is 0 Å². The van der Waals surface area contributed by atoms with Gasteiger partial charge < -0.3 is 11.1 Å². The SMILES string of the molecule is Cc1[nH]nc(NCCN)c1C=O. The molecule has 0 bridgehead atoms. The van der Waals surface area contributed by atoms with Gasteiger partial charge in [-0.1, -0.05) is 0 Å². The van der Waals surface area contributed by atoms with Crippen LogP contribution in [0.4, 0.5) is 5.82 Å². The van der Waals surface area contributed by atoms with E-state index in [1.807, 2.05) is 0 Å². The molecule has 66 valence electrons. The Bertz CT molecular complexity index is 268. The summed E-state index contributed by atoms with van der Waals surface area (Å²) in [4.78, 5) is 10.5. The number of anilines is 1. The molecule has 0 spiro atoms. The van der Waals surface area contributed by atoms with Crippen molar-refractivity contribution in [3.63, 3.8) is 0 Å². The second-order valence-corrected chi connectivity index (χ2v) is 2.44. The maximum atomic E-state index is 10.5. The topological polar surface area (TPSA) is 83.8 Å². The molecule has 5 nitrogen and oxygen atoms in total. The number of nitrogens with two attached hydrogens (primary N) is 1. The Morgan fingerprint density at radius 2 is 2.50 bits per heavy atom. The van der Waals surface area contributed by atoms with Crippen LogP contribution in [-0.4, -0.2) is 29.6 Å². The van der Waals surface area contributed by atoms with Crippen molar-refractivity contribution < 1.29 is 4.79 Å². The number of H-pyrrole nitrogens is 1. The van der Waals surface area contributed by atoms with E-state index in [1.54, 1.807) is 6.92 Å². The van der Waals surface area contributed by atoms with Gasteiger partial charge in [0.15, 0.2) is 12.1 Å². The lowest BCUT2D eigenvalue weighted by Gasteiger charge is -1.99. The molecule has 4 N–H and O–H groups in total.